The van der Waals surface area contributed by atoms with Gasteiger partial charge in [0, 0.05) is 25.7 Å². The Bertz CT molecular complexity index is 1820. The lowest BCUT2D eigenvalue weighted by Crippen LogP contribution is -2.30. The molecule has 0 saturated heterocycles. The van der Waals surface area contributed by atoms with Crippen molar-refractivity contribution < 1.29 is 80.2 Å². The van der Waals surface area contributed by atoms with Crippen LogP contribution in [0.3, 0.4) is 0 Å². The van der Waals surface area contributed by atoms with Gasteiger partial charge in [-0.15, -0.1) is 0 Å². The van der Waals surface area contributed by atoms with Crippen molar-refractivity contribution >= 4 is 39.5 Å². The van der Waals surface area contributed by atoms with Gasteiger partial charge in [0.15, 0.2) is 12.2 Å². The minimum absolute atomic E-state index is 0.102. The Balaban J connectivity index is 5.14. The summed E-state index contributed by atoms with van der Waals surface area (Å²) in [7, 11) is -9.90. The summed E-state index contributed by atoms with van der Waals surface area (Å²) in [5, 5.41) is 10.6. The van der Waals surface area contributed by atoms with Crippen molar-refractivity contribution in [2.24, 2.45) is 23.7 Å². The molecule has 0 heterocycles. The highest BCUT2D eigenvalue weighted by molar-refractivity contribution is 7.47. The van der Waals surface area contributed by atoms with Gasteiger partial charge in [0.25, 0.3) is 0 Å². The minimum atomic E-state index is -4.95. The Morgan fingerprint density at radius 1 is 0.272 bits per heavy atom. The molecule has 19 heteroatoms. The number of hydrogen-bond donors (Lipinski definition) is 3. The molecule has 0 fully saturated rings. The van der Waals surface area contributed by atoms with E-state index in [-0.39, 0.29) is 25.7 Å². The van der Waals surface area contributed by atoms with Gasteiger partial charge in [0.05, 0.1) is 26.4 Å². The van der Waals surface area contributed by atoms with E-state index in [4.69, 9.17) is 37.0 Å². The van der Waals surface area contributed by atoms with Crippen molar-refractivity contribution in [1.29, 1.82) is 0 Å². The molecule has 0 aromatic heterocycles. The Kier molecular flexibility index (Phi) is 61.3. The van der Waals surface area contributed by atoms with Crippen LogP contribution in [0, 0.1) is 23.7 Å². The molecule has 0 aliphatic heterocycles. The lowest BCUT2D eigenvalue weighted by atomic mass is 10.0. The average Bonchev–Trinajstić information content (AvgIpc) is 3.62. The maximum Gasteiger partial charge on any atom is 0.472 e. The topological polar surface area (TPSA) is 237 Å². The molecular weight excluding hydrogens is 1210 g/mol. The van der Waals surface area contributed by atoms with E-state index in [2.05, 4.69) is 55.4 Å². The van der Waals surface area contributed by atoms with Gasteiger partial charge >= 0.3 is 39.5 Å². The fourth-order valence-electron chi connectivity index (χ4n) is 11.0. The van der Waals surface area contributed by atoms with Crippen molar-refractivity contribution in [3.8, 4) is 0 Å². The van der Waals surface area contributed by atoms with Crippen molar-refractivity contribution in [3.05, 3.63) is 0 Å². The van der Waals surface area contributed by atoms with Gasteiger partial charge in [-0.1, -0.05) is 312 Å². The van der Waals surface area contributed by atoms with E-state index in [9.17, 15) is 43.2 Å². The Hall–Kier alpha value is -1.94. The first-order valence-corrected chi connectivity index (χ1v) is 40.7. The highest BCUT2D eigenvalue weighted by Crippen LogP contribution is 2.45. The zero-order valence-corrected chi connectivity index (χ0v) is 62.0. The molecule has 0 bridgehead atoms. The standard InChI is InChI=1S/C73H142O17P2/c1-63(2)49-41-33-25-21-17-13-11-9-10-12-14-19-23-27-37-45-53-70(75)83-59-69(90-73(78)56-48-40-32-30-36-44-52-66(7)8)62-88-92(81,82)86-58-67(74)57-85-91(79,80)87-61-68(60-84-71(76)54-46-38-31-29-35-43-51-65(5)6)89-72(77)55-47-39-28-24-20-16-15-18-22-26-34-42-50-64(3)4/h63-69,74H,9-62H2,1-8H3,(H,79,80)(H,81,82)/t67-,68+,69+/m0/s1. The molecule has 546 valence electrons. The first kappa shape index (κ1) is 90.1. The smallest absolute Gasteiger partial charge is 0.462 e. The van der Waals surface area contributed by atoms with Crippen LogP contribution in [0.15, 0.2) is 0 Å². The summed E-state index contributed by atoms with van der Waals surface area (Å²) in [6.07, 6.45) is 46.2. The average molecular weight is 1350 g/mol. The summed E-state index contributed by atoms with van der Waals surface area (Å²) < 4.78 is 68.3. The molecule has 0 aliphatic carbocycles. The second kappa shape index (κ2) is 62.6. The lowest BCUT2D eigenvalue weighted by Gasteiger charge is -2.21. The Labute approximate surface area is 562 Å². The fraction of sp³-hybridized carbons (Fsp3) is 0.945. The lowest BCUT2D eigenvalue weighted by molar-refractivity contribution is -0.161. The highest BCUT2D eigenvalue weighted by atomic mass is 31.2. The number of aliphatic hydroxyl groups is 1. The largest absolute Gasteiger partial charge is 0.472 e. The SMILES string of the molecule is CC(C)CCCCCCCCCCCCCCCCCCC(=O)OC[C@H](COP(=O)(O)OC[C@@H](O)COP(=O)(O)OC[C@@H](COC(=O)CCCCCCCCC(C)C)OC(=O)CCCCCCCCCCCCCCC(C)C)OC(=O)CCCCCCCCC(C)C. The summed E-state index contributed by atoms with van der Waals surface area (Å²) >= 11 is 0. The van der Waals surface area contributed by atoms with E-state index in [1.165, 1.54) is 161 Å². The number of carbonyl (C=O) groups is 4. The molecule has 0 rings (SSSR count). The maximum atomic E-state index is 13.0. The molecular formula is C73H142O17P2. The van der Waals surface area contributed by atoms with Gasteiger partial charge in [-0.2, -0.15) is 0 Å². The van der Waals surface area contributed by atoms with Gasteiger partial charge in [-0.3, -0.25) is 37.3 Å². The number of unbranched alkanes of at least 4 members (excludes halogenated alkanes) is 36. The van der Waals surface area contributed by atoms with E-state index in [0.29, 0.717) is 37.5 Å². The zero-order chi connectivity index (χ0) is 68.2. The number of rotatable bonds is 70. The quantitative estimate of drug-likeness (QED) is 0.0222. The molecule has 0 aliphatic rings. The second-order valence-corrected chi connectivity index (χ2v) is 31.1. The summed E-state index contributed by atoms with van der Waals surface area (Å²) in [6.45, 7) is 14.0. The van der Waals surface area contributed by atoms with Gasteiger partial charge in [0.2, 0.25) is 0 Å². The van der Waals surface area contributed by atoms with Crippen LogP contribution >= 0.6 is 15.6 Å². The van der Waals surface area contributed by atoms with Gasteiger partial charge < -0.3 is 33.8 Å². The molecule has 0 spiro atoms. The zero-order valence-electron chi connectivity index (χ0n) is 60.2. The normalized spacial score (nSPS) is 14.2. The second-order valence-electron chi connectivity index (χ2n) is 28.2. The maximum absolute atomic E-state index is 13.0. The first-order chi connectivity index (χ1) is 44.1. The Morgan fingerprint density at radius 2 is 0.457 bits per heavy atom. The minimum Gasteiger partial charge on any atom is -0.462 e. The molecule has 0 aromatic carbocycles. The molecule has 2 unspecified atom stereocenters. The molecule has 0 radical (unpaired) electrons. The Morgan fingerprint density at radius 3 is 0.674 bits per heavy atom. The van der Waals surface area contributed by atoms with E-state index >= 15 is 0 Å². The van der Waals surface area contributed by atoms with Crippen LogP contribution in [0.1, 0.15) is 364 Å². The molecule has 0 aromatic rings. The van der Waals surface area contributed by atoms with Gasteiger partial charge in [0.1, 0.15) is 19.3 Å². The van der Waals surface area contributed by atoms with Crippen molar-refractivity contribution in [3.63, 3.8) is 0 Å². The van der Waals surface area contributed by atoms with Crippen molar-refractivity contribution in [2.45, 2.75) is 382 Å². The monoisotopic (exact) mass is 1350 g/mol. The van der Waals surface area contributed by atoms with E-state index < -0.39 is 97.5 Å². The number of phosphoric acid groups is 2. The number of carbonyl (C=O) groups excluding carboxylic acids is 4. The first-order valence-electron chi connectivity index (χ1n) is 37.7. The van der Waals surface area contributed by atoms with Crippen LogP contribution in [0.25, 0.3) is 0 Å². The van der Waals surface area contributed by atoms with Crippen LogP contribution in [0.5, 0.6) is 0 Å². The number of ether oxygens (including phenoxy) is 4. The number of aliphatic hydroxyl groups excluding tert-OH is 1. The third-order valence-electron chi connectivity index (χ3n) is 16.8. The van der Waals surface area contributed by atoms with E-state index in [1.54, 1.807) is 0 Å². The van der Waals surface area contributed by atoms with E-state index in [0.717, 1.165) is 108 Å². The number of hydrogen-bond acceptors (Lipinski definition) is 15. The molecule has 17 nitrogen and oxygen atoms in total. The van der Waals surface area contributed by atoms with Crippen LogP contribution in [0.4, 0.5) is 0 Å². The predicted octanol–water partition coefficient (Wildman–Crippen LogP) is 20.9. The summed E-state index contributed by atoms with van der Waals surface area (Å²) in [4.78, 5) is 72.5. The van der Waals surface area contributed by atoms with Gasteiger partial charge in [-0.05, 0) is 49.4 Å². The molecule has 0 amide bonds. The predicted molar refractivity (Wildman–Crippen MR) is 372 cm³/mol. The summed E-state index contributed by atoms with van der Waals surface area (Å²) in [6, 6.07) is 0. The molecule has 5 atom stereocenters. The van der Waals surface area contributed by atoms with E-state index in [1.807, 2.05) is 0 Å². The van der Waals surface area contributed by atoms with Crippen molar-refractivity contribution in [2.75, 3.05) is 39.6 Å². The van der Waals surface area contributed by atoms with Crippen LogP contribution in [-0.4, -0.2) is 96.7 Å². The summed E-state index contributed by atoms with van der Waals surface area (Å²) in [5.41, 5.74) is 0. The summed E-state index contributed by atoms with van der Waals surface area (Å²) in [5.74, 6) is 0.806. The number of phosphoric ester groups is 2. The third-order valence-corrected chi connectivity index (χ3v) is 18.7. The number of esters is 4. The van der Waals surface area contributed by atoms with Crippen molar-refractivity contribution in [1.82, 2.24) is 0 Å². The highest BCUT2D eigenvalue weighted by Gasteiger charge is 2.30. The molecule has 0 saturated carbocycles. The molecule has 3 N–H and O–H groups in total. The fourth-order valence-corrected chi connectivity index (χ4v) is 12.6. The van der Waals surface area contributed by atoms with Crippen LogP contribution in [-0.2, 0) is 65.4 Å². The van der Waals surface area contributed by atoms with Crippen LogP contribution in [0.2, 0.25) is 0 Å². The van der Waals surface area contributed by atoms with Gasteiger partial charge in [-0.25, -0.2) is 9.13 Å². The van der Waals surface area contributed by atoms with Crippen LogP contribution < -0.4 is 0 Å². The molecule has 92 heavy (non-hydrogen) atoms. The third kappa shape index (κ3) is 66.7.